The number of carbonyl (C=O) groups excluding carboxylic acids is 1. The third-order valence-electron chi connectivity index (χ3n) is 5.00. The molecule has 0 radical (unpaired) electrons. The van der Waals surface area contributed by atoms with Gasteiger partial charge in [0.25, 0.3) is 0 Å². The molecule has 1 aliphatic heterocycles. The number of aromatic nitrogens is 1. The van der Waals surface area contributed by atoms with E-state index in [-0.39, 0.29) is 47.6 Å². The Kier molecular flexibility index (Phi) is 9.47. The number of hydrogen-bond donors (Lipinski definition) is 1. The third-order valence-corrected chi connectivity index (χ3v) is 5.00. The van der Waals surface area contributed by atoms with Crippen LogP contribution < -0.4 is 10.1 Å². The average molecular weight is 542 g/mol. The van der Waals surface area contributed by atoms with Gasteiger partial charge < -0.3 is 19.7 Å². The maximum Gasteiger partial charge on any atom is 0.310 e. The number of carbonyl (C=O) groups is 1. The first kappa shape index (κ1) is 24.8. The van der Waals surface area contributed by atoms with Crippen molar-refractivity contribution in [3.63, 3.8) is 0 Å². The SMILES string of the molecule is CCNC(=NCc1ccnc(Oc2ccc(F)cc2)c1)N1CC(C)C(C(=O)OC)C1.I. The number of hydrogen-bond acceptors (Lipinski definition) is 5. The first-order valence-electron chi connectivity index (χ1n) is 9.99. The summed E-state index contributed by atoms with van der Waals surface area (Å²) in [5.74, 6) is 1.22. The van der Waals surface area contributed by atoms with Crippen molar-refractivity contribution in [2.75, 3.05) is 26.7 Å². The topological polar surface area (TPSA) is 76.1 Å². The molecule has 2 unspecified atom stereocenters. The second kappa shape index (κ2) is 11.8. The highest BCUT2D eigenvalue weighted by Gasteiger charge is 2.36. The number of methoxy groups -OCH3 is 1. The molecule has 1 N–H and O–H groups in total. The fourth-order valence-corrected chi connectivity index (χ4v) is 3.42. The molecule has 7 nitrogen and oxygen atoms in total. The van der Waals surface area contributed by atoms with Gasteiger partial charge in [0.1, 0.15) is 11.6 Å². The molecule has 0 saturated carbocycles. The van der Waals surface area contributed by atoms with Gasteiger partial charge in [0.2, 0.25) is 5.88 Å². The molecule has 168 valence electrons. The standard InChI is InChI=1S/C22H27FN4O3.HI/c1-4-24-22(27-13-15(2)19(14-27)21(28)29-3)26-12-16-9-10-25-20(11-16)30-18-7-5-17(23)6-8-18;/h5-11,15,19H,4,12-14H2,1-3H3,(H,24,26);1H. The van der Waals surface area contributed by atoms with Crippen molar-refractivity contribution in [3.8, 4) is 11.6 Å². The molecule has 0 bridgehead atoms. The minimum absolute atomic E-state index is 0. The molecular formula is C22H28FIN4O3. The van der Waals surface area contributed by atoms with Crippen LogP contribution in [0, 0.1) is 17.7 Å². The summed E-state index contributed by atoms with van der Waals surface area (Å²) in [4.78, 5) is 23.0. The molecule has 2 atom stereocenters. The van der Waals surface area contributed by atoms with E-state index in [1.807, 2.05) is 19.9 Å². The molecule has 1 aromatic heterocycles. The van der Waals surface area contributed by atoms with E-state index in [1.165, 1.54) is 19.2 Å². The molecule has 1 fully saturated rings. The Bertz CT molecular complexity index is 895. The number of guanidine groups is 1. The molecular weight excluding hydrogens is 514 g/mol. The van der Waals surface area contributed by atoms with Crippen LogP contribution in [0.1, 0.15) is 19.4 Å². The van der Waals surface area contributed by atoms with Crippen LogP contribution in [0.4, 0.5) is 4.39 Å². The number of halogens is 2. The Labute approximate surface area is 199 Å². The second-order valence-corrected chi connectivity index (χ2v) is 7.24. The zero-order chi connectivity index (χ0) is 21.5. The van der Waals surface area contributed by atoms with E-state index in [9.17, 15) is 9.18 Å². The second-order valence-electron chi connectivity index (χ2n) is 7.24. The fourth-order valence-electron chi connectivity index (χ4n) is 3.42. The van der Waals surface area contributed by atoms with Gasteiger partial charge in [-0.15, -0.1) is 24.0 Å². The van der Waals surface area contributed by atoms with Crippen molar-refractivity contribution >= 4 is 35.9 Å². The zero-order valence-electron chi connectivity index (χ0n) is 17.9. The van der Waals surface area contributed by atoms with E-state index in [1.54, 1.807) is 24.4 Å². The van der Waals surface area contributed by atoms with Crippen molar-refractivity contribution < 1.29 is 18.7 Å². The van der Waals surface area contributed by atoms with E-state index in [2.05, 4.69) is 15.2 Å². The number of pyridine rings is 1. The maximum atomic E-state index is 13.0. The van der Waals surface area contributed by atoms with Crippen molar-refractivity contribution in [1.82, 2.24) is 15.2 Å². The third kappa shape index (κ3) is 6.78. The van der Waals surface area contributed by atoms with E-state index in [4.69, 9.17) is 14.5 Å². The lowest BCUT2D eigenvalue weighted by Gasteiger charge is -2.21. The minimum Gasteiger partial charge on any atom is -0.469 e. The van der Waals surface area contributed by atoms with Crippen LogP contribution in [0.2, 0.25) is 0 Å². The molecule has 31 heavy (non-hydrogen) atoms. The Morgan fingerprint density at radius 2 is 2.03 bits per heavy atom. The quantitative estimate of drug-likeness (QED) is 0.259. The summed E-state index contributed by atoms with van der Waals surface area (Å²) in [7, 11) is 1.42. The summed E-state index contributed by atoms with van der Waals surface area (Å²) in [5, 5.41) is 3.29. The minimum atomic E-state index is -0.319. The molecule has 1 aliphatic rings. The average Bonchev–Trinajstić information content (AvgIpc) is 3.14. The van der Waals surface area contributed by atoms with Gasteiger partial charge in [-0.2, -0.15) is 0 Å². The van der Waals surface area contributed by atoms with Crippen LogP contribution in [0.5, 0.6) is 11.6 Å². The summed E-state index contributed by atoms with van der Waals surface area (Å²) >= 11 is 0. The predicted molar refractivity (Wildman–Crippen MR) is 127 cm³/mol. The number of esters is 1. The Morgan fingerprint density at radius 1 is 1.29 bits per heavy atom. The van der Waals surface area contributed by atoms with E-state index >= 15 is 0 Å². The van der Waals surface area contributed by atoms with Crippen LogP contribution in [0.25, 0.3) is 0 Å². The molecule has 2 heterocycles. The number of nitrogens with one attached hydrogen (secondary N) is 1. The monoisotopic (exact) mass is 542 g/mol. The first-order valence-corrected chi connectivity index (χ1v) is 9.99. The number of ether oxygens (including phenoxy) is 2. The summed E-state index contributed by atoms with van der Waals surface area (Å²) in [6, 6.07) is 9.46. The Morgan fingerprint density at radius 3 is 2.71 bits per heavy atom. The van der Waals surface area contributed by atoms with Crippen molar-refractivity contribution in [1.29, 1.82) is 0 Å². The maximum absolute atomic E-state index is 13.0. The van der Waals surface area contributed by atoms with Crippen molar-refractivity contribution in [2.45, 2.75) is 20.4 Å². The van der Waals surface area contributed by atoms with Crippen LogP contribution >= 0.6 is 24.0 Å². The molecule has 0 amide bonds. The lowest BCUT2D eigenvalue weighted by molar-refractivity contribution is -0.145. The lowest BCUT2D eigenvalue weighted by Crippen LogP contribution is -2.40. The van der Waals surface area contributed by atoms with Crippen LogP contribution in [-0.2, 0) is 16.1 Å². The number of rotatable bonds is 6. The number of benzene rings is 1. The van der Waals surface area contributed by atoms with Gasteiger partial charge in [-0.3, -0.25) is 4.79 Å². The first-order chi connectivity index (χ1) is 14.5. The summed E-state index contributed by atoms with van der Waals surface area (Å²) < 4.78 is 23.7. The number of likely N-dealkylation sites (tertiary alicyclic amines) is 1. The Hall–Kier alpha value is -2.43. The number of aliphatic imine (C=N–C) groups is 1. The van der Waals surface area contributed by atoms with Gasteiger partial charge in [0.05, 0.1) is 19.6 Å². The van der Waals surface area contributed by atoms with Crippen LogP contribution in [0.3, 0.4) is 0 Å². The van der Waals surface area contributed by atoms with Gasteiger partial charge in [-0.05, 0) is 48.7 Å². The normalized spacial score (nSPS) is 18.3. The van der Waals surface area contributed by atoms with Gasteiger partial charge >= 0.3 is 5.97 Å². The Balaban J connectivity index is 0.00000341. The van der Waals surface area contributed by atoms with Crippen molar-refractivity contribution in [2.24, 2.45) is 16.8 Å². The largest absolute Gasteiger partial charge is 0.469 e. The molecule has 9 heteroatoms. The van der Waals surface area contributed by atoms with Gasteiger partial charge in [0.15, 0.2) is 5.96 Å². The lowest BCUT2D eigenvalue weighted by atomic mass is 9.99. The molecule has 1 aromatic carbocycles. The highest BCUT2D eigenvalue weighted by atomic mass is 127. The van der Waals surface area contributed by atoms with E-state index in [0.717, 1.165) is 24.6 Å². The van der Waals surface area contributed by atoms with Gasteiger partial charge in [-0.1, -0.05) is 6.92 Å². The fraction of sp³-hybridized carbons (Fsp3) is 0.409. The summed E-state index contributed by atoms with van der Waals surface area (Å²) in [6.45, 7) is 6.52. The van der Waals surface area contributed by atoms with Crippen molar-refractivity contribution in [3.05, 3.63) is 54.0 Å². The molecule has 1 saturated heterocycles. The highest BCUT2D eigenvalue weighted by molar-refractivity contribution is 14.0. The van der Waals surface area contributed by atoms with E-state index in [0.29, 0.717) is 24.7 Å². The van der Waals surface area contributed by atoms with E-state index < -0.39 is 0 Å². The van der Waals surface area contributed by atoms with Gasteiger partial charge in [-0.25, -0.2) is 14.4 Å². The van der Waals surface area contributed by atoms with Crippen LogP contribution in [0.15, 0.2) is 47.6 Å². The van der Waals surface area contributed by atoms with Gasteiger partial charge in [0, 0.05) is 31.9 Å². The highest BCUT2D eigenvalue weighted by Crippen LogP contribution is 2.24. The predicted octanol–water partition coefficient (Wildman–Crippen LogP) is 3.84. The summed E-state index contributed by atoms with van der Waals surface area (Å²) in [5.41, 5.74) is 0.925. The molecule has 0 aliphatic carbocycles. The van der Waals surface area contributed by atoms with Crippen LogP contribution in [-0.4, -0.2) is 48.6 Å². The summed E-state index contributed by atoms with van der Waals surface area (Å²) in [6.07, 6.45) is 1.65. The molecule has 3 rings (SSSR count). The number of nitrogens with zero attached hydrogens (tertiary/aromatic N) is 3. The smallest absolute Gasteiger partial charge is 0.310 e. The molecule has 0 spiro atoms. The zero-order valence-corrected chi connectivity index (χ0v) is 20.2. The molecule has 2 aromatic rings.